The number of hydrogen-bond donors (Lipinski definition) is 2. The molecular formula is C16H23N3O2. The fourth-order valence-electron chi connectivity index (χ4n) is 3.10. The van der Waals surface area contributed by atoms with Gasteiger partial charge in [-0.05, 0) is 51.5 Å². The van der Waals surface area contributed by atoms with Crippen LogP contribution in [0.1, 0.15) is 33.3 Å². The molecule has 1 aromatic rings. The van der Waals surface area contributed by atoms with Gasteiger partial charge in [-0.25, -0.2) is 5.84 Å². The first-order valence-corrected chi connectivity index (χ1v) is 6.99. The van der Waals surface area contributed by atoms with Crippen molar-refractivity contribution in [2.24, 2.45) is 5.84 Å². The zero-order valence-electron chi connectivity index (χ0n) is 13.2. The van der Waals surface area contributed by atoms with Crippen LogP contribution in [0.2, 0.25) is 0 Å². The van der Waals surface area contributed by atoms with Crippen molar-refractivity contribution in [1.82, 2.24) is 5.43 Å². The van der Waals surface area contributed by atoms with Gasteiger partial charge in [0.25, 0.3) is 5.91 Å². The molecule has 3 N–H and O–H groups in total. The van der Waals surface area contributed by atoms with Gasteiger partial charge in [-0.1, -0.05) is 6.08 Å². The number of nitrogens with one attached hydrogen (secondary N) is 1. The predicted octanol–water partition coefficient (Wildman–Crippen LogP) is 2.08. The molecule has 1 aliphatic heterocycles. The SMILES string of the molecule is COc1ccc2c(c1)C(C)=CC(C)(C)N2[C@H](C)C(=O)NN. The molecule has 0 aromatic heterocycles. The fourth-order valence-corrected chi connectivity index (χ4v) is 3.10. The number of nitrogens with zero attached hydrogens (tertiary/aromatic N) is 1. The van der Waals surface area contributed by atoms with E-state index in [-0.39, 0.29) is 17.5 Å². The molecule has 114 valence electrons. The number of methoxy groups -OCH3 is 1. The van der Waals surface area contributed by atoms with Gasteiger partial charge in [0.1, 0.15) is 11.8 Å². The van der Waals surface area contributed by atoms with Crippen molar-refractivity contribution in [3.8, 4) is 5.75 Å². The average Bonchev–Trinajstić information content (AvgIpc) is 2.44. The number of carbonyl (C=O) groups excluding carboxylic acids is 1. The van der Waals surface area contributed by atoms with Gasteiger partial charge < -0.3 is 9.64 Å². The standard InChI is InChI=1S/C16H23N3O2/c1-10-9-16(3,4)19(11(2)15(20)18-17)14-7-6-12(21-5)8-13(10)14/h6-9,11H,17H2,1-5H3,(H,18,20)/t11-/m1/s1. The lowest BCUT2D eigenvalue weighted by molar-refractivity contribution is -0.122. The number of ether oxygens (including phenoxy) is 1. The van der Waals surface area contributed by atoms with Gasteiger partial charge in [0.05, 0.1) is 12.6 Å². The summed E-state index contributed by atoms with van der Waals surface area (Å²) in [5, 5.41) is 0. The molecule has 0 bridgehead atoms. The molecule has 0 fully saturated rings. The van der Waals surface area contributed by atoms with Crippen LogP contribution in [0.5, 0.6) is 5.75 Å². The zero-order chi connectivity index (χ0) is 15.8. The Balaban J connectivity index is 2.58. The Hall–Kier alpha value is -2.01. The van der Waals surface area contributed by atoms with Crippen LogP contribution < -0.4 is 20.9 Å². The summed E-state index contributed by atoms with van der Waals surface area (Å²) in [6, 6.07) is 5.53. The van der Waals surface area contributed by atoms with Crippen LogP contribution in [0.4, 0.5) is 5.69 Å². The molecule has 1 aliphatic rings. The van der Waals surface area contributed by atoms with E-state index in [0.717, 1.165) is 17.0 Å². The van der Waals surface area contributed by atoms with E-state index in [0.29, 0.717) is 0 Å². The molecule has 5 nitrogen and oxygen atoms in total. The Morgan fingerprint density at radius 1 is 1.43 bits per heavy atom. The highest BCUT2D eigenvalue weighted by atomic mass is 16.5. The minimum absolute atomic E-state index is 0.210. The number of amides is 1. The van der Waals surface area contributed by atoms with E-state index in [1.807, 2.05) is 25.1 Å². The third-order valence-corrected chi connectivity index (χ3v) is 3.99. The largest absolute Gasteiger partial charge is 0.497 e. The summed E-state index contributed by atoms with van der Waals surface area (Å²) in [6.07, 6.45) is 2.16. The number of hydrazine groups is 1. The van der Waals surface area contributed by atoms with E-state index in [2.05, 4.69) is 37.2 Å². The number of hydrogen-bond acceptors (Lipinski definition) is 4. The minimum atomic E-state index is -0.374. The minimum Gasteiger partial charge on any atom is -0.497 e. The van der Waals surface area contributed by atoms with Crippen LogP contribution in [-0.2, 0) is 4.79 Å². The molecule has 5 heteroatoms. The summed E-state index contributed by atoms with van der Waals surface area (Å²) >= 11 is 0. The zero-order valence-corrected chi connectivity index (χ0v) is 13.2. The Morgan fingerprint density at radius 3 is 2.67 bits per heavy atom. The first-order valence-electron chi connectivity index (χ1n) is 6.99. The van der Waals surface area contributed by atoms with E-state index in [4.69, 9.17) is 10.6 Å². The van der Waals surface area contributed by atoms with Gasteiger partial charge >= 0.3 is 0 Å². The predicted molar refractivity (Wildman–Crippen MR) is 85.0 cm³/mol. The molecular weight excluding hydrogens is 266 g/mol. The molecule has 1 amide bonds. The van der Waals surface area contributed by atoms with E-state index in [9.17, 15) is 4.79 Å². The van der Waals surface area contributed by atoms with Gasteiger partial charge in [-0.3, -0.25) is 10.2 Å². The molecule has 1 aromatic carbocycles. The average molecular weight is 289 g/mol. The maximum atomic E-state index is 12.0. The summed E-state index contributed by atoms with van der Waals surface area (Å²) < 4.78 is 5.30. The molecule has 0 saturated heterocycles. The Bertz CT molecular complexity index is 593. The van der Waals surface area contributed by atoms with Crippen LogP contribution in [0.15, 0.2) is 24.3 Å². The van der Waals surface area contributed by atoms with Crippen molar-refractivity contribution in [2.75, 3.05) is 12.0 Å². The summed E-state index contributed by atoms with van der Waals surface area (Å²) in [5.41, 5.74) is 5.22. The normalized spacial score (nSPS) is 17.6. The molecule has 0 unspecified atom stereocenters. The monoisotopic (exact) mass is 289 g/mol. The smallest absolute Gasteiger partial charge is 0.256 e. The number of carbonyl (C=O) groups is 1. The van der Waals surface area contributed by atoms with E-state index < -0.39 is 0 Å². The first kappa shape index (κ1) is 15.4. The lowest BCUT2D eigenvalue weighted by Gasteiger charge is -2.46. The molecule has 1 atom stereocenters. The highest BCUT2D eigenvalue weighted by molar-refractivity contribution is 5.89. The Morgan fingerprint density at radius 2 is 2.10 bits per heavy atom. The highest BCUT2D eigenvalue weighted by Gasteiger charge is 2.37. The molecule has 2 rings (SSSR count). The lowest BCUT2D eigenvalue weighted by Crippen LogP contribution is -2.56. The van der Waals surface area contributed by atoms with Crippen LogP contribution in [0.3, 0.4) is 0 Å². The van der Waals surface area contributed by atoms with Crippen molar-refractivity contribution >= 4 is 17.2 Å². The van der Waals surface area contributed by atoms with E-state index >= 15 is 0 Å². The van der Waals surface area contributed by atoms with Crippen molar-refractivity contribution in [3.63, 3.8) is 0 Å². The van der Waals surface area contributed by atoms with Crippen LogP contribution in [0.25, 0.3) is 5.57 Å². The first-order chi connectivity index (χ1) is 9.81. The third-order valence-electron chi connectivity index (χ3n) is 3.99. The van der Waals surface area contributed by atoms with Gasteiger partial charge in [0.2, 0.25) is 0 Å². The summed E-state index contributed by atoms with van der Waals surface area (Å²) in [5.74, 6) is 5.89. The second kappa shape index (κ2) is 5.41. The van der Waals surface area contributed by atoms with Crippen molar-refractivity contribution in [2.45, 2.75) is 39.3 Å². The Labute approximate surface area is 125 Å². The molecule has 0 aliphatic carbocycles. The number of benzene rings is 1. The molecule has 0 radical (unpaired) electrons. The van der Waals surface area contributed by atoms with E-state index in [1.54, 1.807) is 7.11 Å². The highest BCUT2D eigenvalue weighted by Crippen LogP contribution is 2.41. The van der Waals surface area contributed by atoms with Crippen LogP contribution >= 0.6 is 0 Å². The number of rotatable bonds is 3. The molecule has 0 saturated carbocycles. The number of anilines is 1. The second-order valence-corrected chi connectivity index (χ2v) is 5.92. The van der Waals surface area contributed by atoms with E-state index in [1.165, 1.54) is 5.57 Å². The summed E-state index contributed by atoms with van der Waals surface area (Å²) in [6.45, 7) is 8.10. The number of allylic oxidation sites excluding steroid dienone is 1. The Kier molecular flexibility index (Phi) is 3.96. The molecule has 1 heterocycles. The van der Waals surface area contributed by atoms with Crippen molar-refractivity contribution in [3.05, 3.63) is 29.8 Å². The molecule has 21 heavy (non-hydrogen) atoms. The lowest BCUT2D eigenvalue weighted by atomic mass is 9.87. The number of nitrogens with two attached hydrogens (primary N) is 1. The van der Waals surface area contributed by atoms with Crippen LogP contribution in [0, 0.1) is 0 Å². The third kappa shape index (κ3) is 2.61. The second-order valence-electron chi connectivity index (χ2n) is 5.92. The van der Waals surface area contributed by atoms with Crippen LogP contribution in [-0.4, -0.2) is 24.6 Å². The van der Waals surface area contributed by atoms with Crippen molar-refractivity contribution < 1.29 is 9.53 Å². The fraction of sp³-hybridized carbons (Fsp3) is 0.438. The van der Waals surface area contributed by atoms with Gasteiger partial charge in [0, 0.05) is 11.3 Å². The van der Waals surface area contributed by atoms with Gasteiger partial charge in [-0.2, -0.15) is 0 Å². The summed E-state index contributed by atoms with van der Waals surface area (Å²) in [4.78, 5) is 14.1. The number of fused-ring (bicyclic) bond motifs is 1. The van der Waals surface area contributed by atoms with Crippen molar-refractivity contribution in [1.29, 1.82) is 0 Å². The van der Waals surface area contributed by atoms with Gasteiger partial charge in [0.15, 0.2) is 0 Å². The quantitative estimate of drug-likeness (QED) is 0.508. The molecule has 0 spiro atoms. The topological polar surface area (TPSA) is 67.6 Å². The van der Waals surface area contributed by atoms with Gasteiger partial charge in [-0.15, -0.1) is 0 Å². The maximum absolute atomic E-state index is 12.0. The summed E-state index contributed by atoms with van der Waals surface area (Å²) in [7, 11) is 1.65. The maximum Gasteiger partial charge on any atom is 0.256 e.